The van der Waals surface area contributed by atoms with Gasteiger partial charge in [-0.2, -0.15) is 0 Å². The molecule has 0 radical (unpaired) electrons. The first-order valence-electron chi connectivity index (χ1n) is 16.6. The molecule has 0 N–H and O–H groups in total. The number of hydrogen-bond donors (Lipinski definition) is 0. The van der Waals surface area contributed by atoms with E-state index in [0.29, 0.717) is 0 Å². The Labute approximate surface area is 279 Å². The summed E-state index contributed by atoms with van der Waals surface area (Å²) in [5, 5.41) is 7.45. The molecule has 0 saturated carbocycles. The molecular weight excluding hydrogens is 579 g/mol. The summed E-state index contributed by atoms with van der Waals surface area (Å²) in [6.45, 7) is 0. The Hall–Kier alpha value is -6.31. The normalized spacial score (nSPS) is 11.8. The highest BCUT2D eigenvalue weighted by molar-refractivity contribution is 6.29. The van der Waals surface area contributed by atoms with Gasteiger partial charge in [-0.3, -0.25) is 4.98 Å². The summed E-state index contributed by atoms with van der Waals surface area (Å²) < 4.78 is 0. The standard InChI is InChI=1S/C47H29N/c1-4-15-30(16-5-1)41-29-48-47(37-24-13-10-21-33(37)41)38-27-28-40-44-36(38)25-14-26-39(44)45-42(31-17-6-2-7-18-31)34-22-11-12-23-35(34)43(46(40)45)32-19-8-3-9-20-32/h1-29H. The third-order valence-electron chi connectivity index (χ3n) is 10.1. The number of aromatic nitrogens is 1. The molecule has 0 fully saturated rings. The van der Waals surface area contributed by atoms with Crippen molar-refractivity contribution in [3.63, 3.8) is 0 Å². The van der Waals surface area contributed by atoms with Crippen molar-refractivity contribution in [3.8, 4) is 66.9 Å². The van der Waals surface area contributed by atoms with Crippen molar-refractivity contribution in [2.24, 2.45) is 0 Å². The van der Waals surface area contributed by atoms with Crippen LogP contribution in [0.2, 0.25) is 0 Å². The first-order chi connectivity index (χ1) is 23.9. The summed E-state index contributed by atoms with van der Waals surface area (Å²) >= 11 is 0. The van der Waals surface area contributed by atoms with Gasteiger partial charge >= 0.3 is 0 Å². The van der Waals surface area contributed by atoms with Gasteiger partial charge < -0.3 is 0 Å². The second-order valence-corrected chi connectivity index (χ2v) is 12.6. The number of fused-ring (bicyclic) bond motifs is 5. The fourth-order valence-electron chi connectivity index (χ4n) is 8.07. The maximum atomic E-state index is 5.21. The van der Waals surface area contributed by atoms with Gasteiger partial charge in [0.25, 0.3) is 0 Å². The Morgan fingerprint density at radius 3 is 1.33 bits per heavy atom. The molecule has 1 heterocycles. The molecule has 1 aromatic heterocycles. The molecule has 1 aliphatic carbocycles. The van der Waals surface area contributed by atoms with E-state index in [9.17, 15) is 0 Å². The van der Waals surface area contributed by atoms with Gasteiger partial charge in [-0.15, -0.1) is 0 Å². The predicted molar refractivity (Wildman–Crippen MR) is 203 cm³/mol. The quantitative estimate of drug-likeness (QED) is 0.194. The van der Waals surface area contributed by atoms with Crippen LogP contribution in [0.15, 0.2) is 176 Å². The number of pyridine rings is 1. The first-order valence-corrected chi connectivity index (χ1v) is 16.6. The van der Waals surface area contributed by atoms with Crippen LogP contribution < -0.4 is 0 Å². The van der Waals surface area contributed by atoms with Crippen molar-refractivity contribution in [1.82, 2.24) is 4.98 Å². The van der Waals surface area contributed by atoms with E-state index in [2.05, 4.69) is 176 Å². The minimum absolute atomic E-state index is 1.02. The van der Waals surface area contributed by atoms with Gasteiger partial charge in [0.15, 0.2) is 0 Å². The topological polar surface area (TPSA) is 12.9 Å². The van der Waals surface area contributed by atoms with Gasteiger partial charge in [-0.25, -0.2) is 0 Å². The van der Waals surface area contributed by atoms with Gasteiger partial charge in [-0.1, -0.05) is 170 Å². The van der Waals surface area contributed by atoms with Crippen LogP contribution in [0, 0.1) is 0 Å². The Balaban J connectivity index is 1.31. The number of rotatable bonds is 4. The van der Waals surface area contributed by atoms with Gasteiger partial charge in [0.1, 0.15) is 0 Å². The molecule has 0 bridgehead atoms. The third-order valence-corrected chi connectivity index (χ3v) is 10.1. The van der Waals surface area contributed by atoms with Gasteiger partial charge in [0.05, 0.1) is 5.69 Å². The van der Waals surface area contributed by atoms with Crippen molar-refractivity contribution in [2.45, 2.75) is 0 Å². The maximum Gasteiger partial charge on any atom is 0.0787 e. The Morgan fingerprint density at radius 2 is 0.729 bits per heavy atom. The average molecular weight is 608 g/mol. The first kappa shape index (κ1) is 26.9. The SMILES string of the molecule is c1ccc(-c2cnc(-c3ccc4c5c(cccc35)-c3c-4c(-c4ccccc4)c4ccccc4c3-c3ccccc3)c3ccccc23)cc1. The fourth-order valence-corrected chi connectivity index (χ4v) is 8.07. The lowest BCUT2D eigenvalue weighted by atomic mass is 9.82. The minimum Gasteiger partial charge on any atom is -0.255 e. The minimum atomic E-state index is 1.02. The van der Waals surface area contributed by atoms with Crippen LogP contribution in [0.4, 0.5) is 0 Å². The molecule has 1 heteroatoms. The molecule has 0 unspecified atom stereocenters. The highest BCUT2D eigenvalue weighted by atomic mass is 14.7. The summed E-state index contributed by atoms with van der Waals surface area (Å²) in [5.74, 6) is 0. The molecule has 0 atom stereocenters. The van der Waals surface area contributed by atoms with Gasteiger partial charge in [0, 0.05) is 22.7 Å². The van der Waals surface area contributed by atoms with Gasteiger partial charge in [-0.05, 0) is 77.0 Å². The molecule has 0 saturated heterocycles. The smallest absolute Gasteiger partial charge is 0.0787 e. The lowest BCUT2D eigenvalue weighted by Crippen LogP contribution is -1.93. The van der Waals surface area contributed by atoms with E-state index in [-0.39, 0.29) is 0 Å². The monoisotopic (exact) mass is 607 g/mol. The molecule has 9 aromatic rings. The summed E-state index contributed by atoms with van der Waals surface area (Å²) in [5.41, 5.74) is 14.8. The lowest BCUT2D eigenvalue weighted by Gasteiger charge is -2.20. The molecule has 222 valence electrons. The van der Waals surface area contributed by atoms with Crippen LogP contribution in [0.25, 0.3) is 99.2 Å². The van der Waals surface area contributed by atoms with Crippen molar-refractivity contribution < 1.29 is 0 Å². The van der Waals surface area contributed by atoms with E-state index < -0.39 is 0 Å². The molecule has 0 amide bonds. The Bertz CT molecular complexity index is 2600. The third kappa shape index (κ3) is 3.88. The number of hydrogen-bond acceptors (Lipinski definition) is 1. The van der Waals surface area contributed by atoms with Crippen molar-refractivity contribution in [1.29, 1.82) is 0 Å². The second kappa shape index (κ2) is 10.6. The van der Waals surface area contributed by atoms with Crippen LogP contribution in [-0.4, -0.2) is 4.98 Å². The molecular formula is C47H29N. The second-order valence-electron chi connectivity index (χ2n) is 12.6. The summed E-state index contributed by atoms with van der Waals surface area (Å²) in [4.78, 5) is 5.21. The van der Waals surface area contributed by atoms with Gasteiger partial charge in [0.2, 0.25) is 0 Å². The van der Waals surface area contributed by atoms with Crippen molar-refractivity contribution >= 4 is 32.3 Å². The lowest BCUT2D eigenvalue weighted by molar-refractivity contribution is 1.36. The average Bonchev–Trinajstić information content (AvgIpc) is 3.49. The molecule has 1 aliphatic rings. The van der Waals surface area contributed by atoms with Crippen LogP contribution in [0.3, 0.4) is 0 Å². The van der Waals surface area contributed by atoms with E-state index in [1.165, 1.54) is 77.0 Å². The van der Waals surface area contributed by atoms with Crippen LogP contribution in [-0.2, 0) is 0 Å². The largest absolute Gasteiger partial charge is 0.255 e. The van der Waals surface area contributed by atoms with Crippen molar-refractivity contribution in [2.75, 3.05) is 0 Å². The highest BCUT2D eigenvalue weighted by Crippen LogP contribution is 2.58. The summed E-state index contributed by atoms with van der Waals surface area (Å²) in [7, 11) is 0. The molecule has 0 spiro atoms. The van der Waals surface area contributed by atoms with E-state index in [4.69, 9.17) is 4.98 Å². The number of benzene rings is 8. The number of nitrogens with zero attached hydrogens (tertiary/aromatic N) is 1. The molecule has 1 nitrogen and oxygen atoms in total. The molecule has 10 rings (SSSR count). The van der Waals surface area contributed by atoms with E-state index >= 15 is 0 Å². The molecule has 0 aliphatic heterocycles. The zero-order valence-electron chi connectivity index (χ0n) is 26.2. The summed E-state index contributed by atoms with van der Waals surface area (Å²) in [6.07, 6.45) is 2.05. The highest BCUT2D eigenvalue weighted by Gasteiger charge is 2.31. The zero-order valence-corrected chi connectivity index (χ0v) is 26.2. The fraction of sp³-hybridized carbons (Fsp3) is 0. The zero-order chi connectivity index (χ0) is 31.6. The van der Waals surface area contributed by atoms with E-state index in [1.807, 2.05) is 0 Å². The maximum absolute atomic E-state index is 5.21. The Morgan fingerprint density at radius 1 is 0.271 bits per heavy atom. The van der Waals surface area contributed by atoms with E-state index in [1.54, 1.807) is 0 Å². The van der Waals surface area contributed by atoms with Crippen LogP contribution in [0.5, 0.6) is 0 Å². The predicted octanol–water partition coefficient (Wildman–Crippen LogP) is 12.9. The van der Waals surface area contributed by atoms with Crippen LogP contribution in [0.1, 0.15) is 0 Å². The molecule has 8 aromatic carbocycles. The molecule has 48 heavy (non-hydrogen) atoms. The van der Waals surface area contributed by atoms with Crippen molar-refractivity contribution in [3.05, 3.63) is 176 Å². The van der Waals surface area contributed by atoms with Crippen LogP contribution >= 0.6 is 0 Å². The Kier molecular flexibility index (Phi) is 5.94. The van der Waals surface area contributed by atoms with E-state index in [0.717, 1.165) is 22.2 Å². The summed E-state index contributed by atoms with van der Waals surface area (Å²) in [6, 6.07) is 61.5.